The Kier molecular flexibility index (Phi) is 4.90. The minimum Gasteiger partial charge on any atom is -0.497 e. The molecule has 146 valence electrons. The third-order valence-corrected chi connectivity index (χ3v) is 4.69. The van der Waals surface area contributed by atoms with Gasteiger partial charge in [0, 0.05) is 30.7 Å². The van der Waals surface area contributed by atoms with E-state index >= 15 is 0 Å². The number of hydrogen-bond acceptors (Lipinski definition) is 6. The molecule has 8 nitrogen and oxygen atoms in total. The van der Waals surface area contributed by atoms with E-state index in [1.165, 1.54) is 15.3 Å². The van der Waals surface area contributed by atoms with Gasteiger partial charge in [0.05, 0.1) is 13.7 Å². The highest BCUT2D eigenvalue weighted by atomic mass is 16.5. The molecule has 0 aliphatic heterocycles. The van der Waals surface area contributed by atoms with Gasteiger partial charge in [-0.05, 0) is 42.8 Å². The van der Waals surface area contributed by atoms with Crippen molar-refractivity contribution in [2.75, 3.05) is 7.11 Å². The van der Waals surface area contributed by atoms with Crippen LogP contribution in [0.4, 0.5) is 0 Å². The van der Waals surface area contributed by atoms with Crippen LogP contribution < -0.4 is 16.0 Å². The number of aryl methyl sites for hydroxylation is 1. The summed E-state index contributed by atoms with van der Waals surface area (Å²) < 4.78 is 7.85. The van der Waals surface area contributed by atoms with Gasteiger partial charge < -0.3 is 4.74 Å². The average molecular weight is 389 g/mol. The first-order chi connectivity index (χ1) is 14.1. The summed E-state index contributed by atoms with van der Waals surface area (Å²) in [6.45, 7) is 2.36. The van der Waals surface area contributed by atoms with E-state index in [2.05, 4.69) is 15.0 Å². The molecular formula is C21H19N5O3. The molecule has 0 aliphatic carbocycles. The Morgan fingerprint density at radius 2 is 1.83 bits per heavy atom. The Morgan fingerprint density at radius 3 is 2.48 bits per heavy atom. The summed E-state index contributed by atoms with van der Waals surface area (Å²) >= 11 is 0. The summed E-state index contributed by atoms with van der Waals surface area (Å²) in [5.41, 5.74) is 1.03. The lowest BCUT2D eigenvalue weighted by Gasteiger charge is -2.12. The quantitative estimate of drug-likeness (QED) is 0.519. The molecule has 0 amide bonds. The van der Waals surface area contributed by atoms with Crippen LogP contribution in [0.15, 0.2) is 64.6 Å². The number of hydrogen-bond donors (Lipinski definition) is 0. The molecule has 0 aliphatic rings. The second-order valence-corrected chi connectivity index (χ2v) is 6.44. The minimum atomic E-state index is -0.417. The standard InChI is InChI=1S/C21H19N5O3/c1-3-25-19-17(12-23-18(24-19)15-6-8-16(29-2)9-7-15)20(27)26(21(25)28)13-14-5-4-10-22-11-14/h4-12H,3,13H2,1-2H3. The van der Waals surface area contributed by atoms with Crippen LogP contribution in [0.2, 0.25) is 0 Å². The third kappa shape index (κ3) is 3.40. The van der Waals surface area contributed by atoms with Crippen molar-refractivity contribution in [3.8, 4) is 17.1 Å². The van der Waals surface area contributed by atoms with Crippen molar-refractivity contribution in [2.24, 2.45) is 0 Å². The molecular weight excluding hydrogens is 370 g/mol. The maximum Gasteiger partial charge on any atom is 0.332 e. The van der Waals surface area contributed by atoms with Crippen molar-refractivity contribution in [3.63, 3.8) is 0 Å². The van der Waals surface area contributed by atoms with Crippen LogP contribution in [0.5, 0.6) is 5.75 Å². The first kappa shape index (κ1) is 18.5. The van der Waals surface area contributed by atoms with E-state index < -0.39 is 11.2 Å². The summed E-state index contributed by atoms with van der Waals surface area (Å²) in [6, 6.07) is 10.9. The number of benzene rings is 1. The molecule has 0 saturated carbocycles. The van der Waals surface area contributed by atoms with Crippen LogP contribution in [0.25, 0.3) is 22.4 Å². The Morgan fingerprint density at radius 1 is 1.03 bits per heavy atom. The van der Waals surface area contributed by atoms with Crippen molar-refractivity contribution in [2.45, 2.75) is 20.0 Å². The van der Waals surface area contributed by atoms with Gasteiger partial charge in [-0.2, -0.15) is 0 Å². The van der Waals surface area contributed by atoms with Gasteiger partial charge in [0.2, 0.25) is 0 Å². The lowest BCUT2D eigenvalue weighted by atomic mass is 10.2. The smallest absolute Gasteiger partial charge is 0.332 e. The highest BCUT2D eigenvalue weighted by Gasteiger charge is 2.15. The number of pyridine rings is 1. The second-order valence-electron chi connectivity index (χ2n) is 6.44. The number of aromatic nitrogens is 5. The summed E-state index contributed by atoms with van der Waals surface area (Å²) in [5.74, 6) is 1.16. The molecule has 4 aromatic rings. The first-order valence-corrected chi connectivity index (χ1v) is 9.16. The summed E-state index contributed by atoms with van der Waals surface area (Å²) in [4.78, 5) is 38.9. The number of ether oxygens (including phenoxy) is 1. The van der Waals surface area contributed by atoms with E-state index in [0.29, 0.717) is 23.4 Å². The Bertz CT molecular complexity index is 1280. The van der Waals surface area contributed by atoms with Crippen molar-refractivity contribution < 1.29 is 4.74 Å². The summed E-state index contributed by atoms with van der Waals surface area (Å²) in [6.07, 6.45) is 4.76. The topological polar surface area (TPSA) is 91.9 Å². The van der Waals surface area contributed by atoms with Gasteiger partial charge in [0.25, 0.3) is 5.56 Å². The van der Waals surface area contributed by atoms with Crippen LogP contribution in [0.3, 0.4) is 0 Å². The number of rotatable bonds is 5. The van der Waals surface area contributed by atoms with Gasteiger partial charge >= 0.3 is 5.69 Å². The molecule has 3 aromatic heterocycles. The molecule has 0 spiro atoms. The van der Waals surface area contributed by atoms with Crippen molar-refractivity contribution >= 4 is 11.0 Å². The maximum atomic E-state index is 13.0. The third-order valence-electron chi connectivity index (χ3n) is 4.69. The molecule has 8 heteroatoms. The number of nitrogens with zero attached hydrogens (tertiary/aromatic N) is 5. The Balaban J connectivity index is 1.88. The largest absolute Gasteiger partial charge is 0.497 e. The van der Waals surface area contributed by atoms with E-state index in [9.17, 15) is 9.59 Å². The monoisotopic (exact) mass is 389 g/mol. The Labute approximate surface area is 166 Å². The zero-order valence-corrected chi connectivity index (χ0v) is 16.1. The zero-order chi connectivity index (χ0) is 20.4. The number of fused-ring (bicyclic) bond motifs is 1. The fraction of sp³-hybridized carbons (Fsp3) is 0.190. The molecule has 4 rings (SSSR count). The van der Waals surface area contributed by atoms with Crippen LogP contribution in [0, 0.1) is 0 Å². The van der Waals surface area contributed by atoms with E-state index in [-0.39, 0.29) is 6.54 Å². The summed E-state index contributed by atoms with van der Waals surface area (Å²) in [5, 5.41) is 0.299. The van der Waals surface area contributed by atoms with Gasteiger partial charge in [0.15, 0.2) is 11.5 Å². The van der Waals surface area contributed by atoms with E-state index in [4.69, 9.17) is 4.74 Å². The van der Waals surface area contributed by atoms with Gasteiger partial charge in [-0.3, -0.25) is 18.9 Å². The van der Waals surface area contributed by atoms with Crippen molar-refractivity contribution in [1.82, 2.24) is 24.1 Å². The van der Waals surface area contributed by atoms with Gasteiger partial charge in [-0.15, -0.1) is 0 Å². The fourth-order valence-corrected chi connectivity index (χ4v) is 3.18. The minimum absolute atomic E-state index is 0.141. The zero-order valence-electron chi connectivity index (χ0n) is 16.1. The molecule has 0 bridgehead atoms. The predicted molar refractivity (Wildman–Crippen MR) is 109 cm³/mol. The van der Waals surface area contributed by atoms with Gasteiger partial charge in [-0.25, -0.2) is 14.8 Å². The fourth-order valence-electron chi connectivity index (χ4n) is 3.18. The molecule has 0 saturated heterocycles. The molecule has 0 unspecified atom stereocenters. The lowest BCUT2D eigenvalue weighted by Crippen LogP contribution is -2.40. The van der Waals surface area contributed by atoms with E-state index in [1.54, 1.807) is 25.6 Å². The highest BCUT2D eigenvalue weighted by molar-refractivity contribution is 5.75. The Hall–Kier alpha value is -3.81. The van der Waals surface area contributed by atoms with Crippen LogP contribution in [-0.4, -0.2) is 31.2 Å². The second kappa shape index (κ2) is 7.67. The lowest BCUT2D eigenvalue weighted by molar-refractivity contribution is 0.415. The molecule has 1 aromatic carbocycles. The van der Waals surface area contributed by atoms with Crippen LogP contribution >= 0.6 is 0 Å². The van der Waals surface area contributed by atoms with Crippen molar-refractivity contribution in [1.29, 1.82) is 0 Å². The van der Waals surface area contributed by atoms with E-state index in [1.807, 2.05) is 37.3 Å². The maximum absolute atomic E-state index is 13.0. The van der Waals surface area contributed by atoms with Gasteiger partial charge in [-0.1, -0.05) is 6.07 Å². The first-order valence-electron chi connectivity index (χ1n) is 9.16. The summed E-state index contributed by atoms with van der Waals surface area (Å²) in [7, 11) is 1.60. The highest BCUT2D eigenvalue weighted by Crippen LogP contribution is 2.20. The normalized spacial score (nSPS) is 11.0. The van der Waals surface area contributed by atoms with Crippen molar-refractivity contribution in [3.05, 3.63) is 81.4 Å². The molecule has 3 heterocycles. The molecule has 0 radical (unpaired) electrons. The SMILES string of the molecule is CCn1c(=O)n(Cc2cccnc2)c(=O)c2cnc(-c3ccc(OC)cc3)nc21. The molecule has 29 heavy (non-hydrogen) atoms. The average Bonchev–Trinajstić information content (AvgIpc) is 2.77. The molecule has 0 N–H and O–H groups in total. The number of methoxy groups -OCH3 is 1. The van der Waals surface area contributed by atoms with Crippen LogP contribution in [0.1, 0.15) is 12.5 Å². The van der Waals surface area contributed by atoms with Gasteiger partial charge in [0.1, 0.15) is 11.1 Å². The molecule has 0 atom stereocenters. The van der Waals surface area contributed by atoms with Crippen LogP contribution in [-0.2, 0) is 13.1 Å². The predicted octanol–water partition coefficient (Wildman–Crippen LogP) is 2.09. The van der Waals surface area contributed by atoms with E-state index in [0.717, 1.165) is 16.9 Å². The molecule has 0 fully saturated rings.